The van der Waals surface area contributed by atoms with Gasteiger partial charge in [0.25, 0.3) is 0 Å². The molecule has 0 fully saturated rings. The van der Waals surface area contributed by atoms with Crippen LogP contribution in [0.25, 0.3) is 0 Å². The predicted octanol–water partition coefficient (Wildman–Crippen LogP) is 19.8. The van der Waals surface area contributed by atoms with Crippen LogP contribution in [0.3, 0.4) is 0 Å². The van der Waals surface area contributed by atoms with Gasteiger partial charge in [0, 0.05) is 19.3 Å². The number of allylic oxidation sites excluding steroid dienone is 12. The van der Waals surface area contributed by atoms with Gasteiger partial charge in [-0.05, 0) is 116 Å². The molecule has 0 rings (SSSR count). The standard InChI is InChI=1S/C63H110O6/c1-4-7-10-13-16-19-22-25-28-30-31-33-36-38-41-44-47-50-53-56-62(65)68-59-60(69-63(66)57-54-51-48-45-42-39-34-27-24-21-18-15-12-9-6-3)58-67-61(64)55-52-49-46-43-40-37-35-32-29-26-23-20-17-14-11-8-5-2/h16-17,19-21,24-26,28-29,35,37,60H,4-15,18,22-23,27,30-34,36,38-59H2,1-3H3/b19-16-,20-17-,24-21-,28-25-,29-26-,37-35-/t60-/m0/s1. The quantitative estimate of drug-likeness (QED) is 0.0262. The zero-order chi connectivity index (χ0) is 50.0. The van der Waals surface area contributed by atoms with E-state index in [0.717, 1.165) is 89.9 Å². The van der Waals surface area contributed by atoms with Crippen LogP contribution in [0.4, 0.5) is 0 Å². The first kappa shape index (κ1) is 65.8. The molecule has 0 saturated heterocycles. The van der Waals surface area contributed by atoms with Crippen LogP contribution < -0.4 is 0 Å². The van der Waals surface area contributed by atoms with E-state index in [2.05, 4.69) is 93.7 Å². The summed E-state index contributed by atoms with van der Waals surface area (Å²) in [7, 11) is 0. The molecule has 0 bridgehead atoms. The summed E-state index contributed by atoms with van der Waals surface area (Å²) in [5.74, 6) is -0.908. The van der Waals surface area contributed by atoms with E-state index < -0.39 is 6.10 Å². The molecule has 0 aliphatic carbocycles. The molecule has 0 aromatic carbocycles. The number of unbranched alkanes of at least 4 members (excludes halogenated alkanes) is 30. The van der Waals surface area contributed by atoms with Crippen molar-refractivity contribution in [1.82, 2.24) is 0 Å². The van der Waals surface area contributed by atoms with Crippen molar-refractivity contribution in [1.29, 1.82) is 0 Å². The Balaban J connectivity index is 4.41. The van der Waals surface area contributed by atoms with Gasteiger partial charge in [0.05, 0.1) is 0 Å². The minimum absolute atomic E-state index is 0.0860. The largest absolute Gasteiger partial charge is 0.462 e. The number of hydrogen-bond acceptors (Lipinski definition) is 6. The molecule has 0 heterocycles. The number of rotatable bonds is 53. The van der Waals surface area contributed by atoms with Crippen LogP contribution >= 0.6 is 0 Å². The summed E-state index contributed by atoms with van der Waals surface area (Å²) in [5.41, 5.74) is 0. The van der Waals surface area contributed by atoms with Gasteiger partial charge in [0.2, 0.25) is 0 Å². The molecule has 0 aromatic heterocycles. The monoisotopic (exact) mass is 963 g/mol. The average molecular weight is 964 g/mol. The van der Waals surface area contributed by atoms with Gasteiger partial charge < -0.3 is 14.2 Å². The van der Waals surface area contributed by atoms with Crippen LogP contribution in [-0.4, -0.2) is 37.2 Å². The van der Waals surface area contributed by atoms with Gasteiger partial charge in [-0.2, -0.15) is 0 Å². The Labute approximate surface area is 427 Å². The van der Waals surface area contributed by atoms with E-state index in [0.29, 0.717) is 19.3 Å². The SMILES string of the molecule is CCCCC/C=C\C/C=C\C/C=C\CCCCCCC(=O)OC[C@@H](COC(=O)CCCCCCCCCCC/C=C\C/C=C\CCCCC)OC(=O)CCCCCCCCC/C=C\CCCCCC. The van der Waals surface area contributed by atoms with Gasteiger partial charge in [-0.1, -0.05) is 229 Å². The smallest absolute Gasteiger partial charge is 0.306 e. The number of esters is 3. The highest BCUT2D eigenvalue weighted by molar-refractivity contribution is 5.71. The summed E-state index contributed by atoms with van der Waals surface area (Å²) in [5, 5.41) is 0. The Bertz CT molecular complexity index is 1290. The first-order valence-electron chi connectivity index (χ1n) is 29.4. The first-order chi connectivity index (χ1) is 34.0. The van der Waals surface area contributed by atoms with Crippen LogP contribution in [-0.2, 0) is 28.6 Å². The van der Waals surface area contributed by atoms with Crippen LogP contribution in [0, 0.1) is 0 Å². The van der Waals surface area contributed by atoms with Crippen molar-refractivity contribution in [2.45, 2.75) is 297 Å². The lowest BCUT2D eigenvalue weighted by Crippen LogP contribution is -2.30. The molecular formula is C63H110O6. The minimum atomic E-state index is -0.789. The fourth-order valence-electron chi connectivity index (χ4n) is 8.18. The van der Waals surface area contributed by atoms with Crippen molar-refractivity contribution in [2.24, 2.45) is 0 Å². The third-order valence-corrected chi connectivity index (χ3v) is 12.7. The molecule has 0 unspecified atom stereocenters. The van der Waals surface area contributed by atoms with Crippen molar-refractivity contribution in [2.75, 3.05) is 13.2 Å². The summed E-state index contributed by atoms with van der Waals surface area (Å²) in [6.07, 6.45) is 73.1. The third kappa shape index (κ3) is 55.6. The Morgan fingerprint density at radius 1 is 0.290 bits per heavy atom. The molecule has 0 spiro atoms. The van der Waals surface area contributed by atoms with Crippen LogP contribution in [0.1, 0.15) is 290 Å². The van der Waals surface area contributed by atoms with Crippen molar-refractivity contribution < 1.29 is 28.6 Å². The van der Waals surface area contributed by atoms with Crippen LogP contribution in [0.5, 0.6) is 0 Å². The van der Waals surface area contributed by atoms with E-state index in [1.54, 1.807) is 0 Å². The summed E-state index contributed by atoms with van der Waals surface area (Å²) in [4.78, 5) is 38.2. The lowest BCUT2D eigenvalue weighted by Gasteiger charge is -2.18. The van der Waals surface area contributed by atoms with E-state index in [4.69, 9.17) is 14.2 Å². The second-order valence-corrected chi connectivity index (χ2v) is 19.5. The number of carbonyl (C=O) groups excluding carboxylic acids is 3. The molecule has 6 heteroatoms. The lowest BCUT2D eigenvalue weighted by molar-refractivity contribution is -0.167. The zero-order valence-corrected chi connectivity index (χ0v) is 45.6. The van der Waals surface area contributed by atoms with E-state index in [1.807, 2.05) is 0 Å². The topological polar surface area (TPSA) is 78.9 Å². The Kier molecular flexibility index (Phi) is 54.8. The molecule has 398 valence electrons. The third-order valence-electron chi connectivity index (χ3n) is 12.7. The van der Waals surface area contributed by atoms with Gasteiger partial charge in [-0.25, -0.2) is 0 Å². The predicted molar refractivity (Wildman–Crippen MR) is 298 cm³/mol. The highest BCUT2D eigenvalue weighted by Crippen LogP contribution is 2.15. The van der Waals surface area contributed by atoms with Crippen molar-refractivity contribution >= 4 is 17.9 Å². The fourth-order valence-corrected chi connectivity index (χ4v) is 8.18. The molecule has 0 radical (unpaired) electrons. The molecule has 0 N–H and O–H groups in total. The van der Waals surface area contributed by atoms with Gasteiger partial charge >= 0.3 is 17.9 Å². The highest BCUT2D eigenvalue weighted by Gasteiger charge is 2.19. The second kappa shape index (κ2) is 57.4. The maximum Gasteiger partial charge on any atom is 0.306 e. The van der Waals surface area contributed by atoms with Crippen molar-refractivity contribution in [3.8, 4) is 0 Å². The lowest BCUT2D eigenvalue weighted by atomic mass is 10.1. The fraction of sp³-hybridized carbons (Fsp3) is 0.762. The first-order valence-corrected chi connectivity index (χ1v) is 29.4. The Morgan fingerprint density at radius 3 is 0.855 bits per heavy atom. The van der Waals surface area contributed by atoms with E-state index in [-0.39, 0.29) is 31.1 Å². The molecule has 0 aliphatic heterocycles. The molecule has 0 saturated carbocycles. The second-order valence-electron chi connectivity index (χ2n) is 19.5. The number of carbonyl (C=O) groups is 3. The van der Waals surface area contributed by atoms with Gasteiger partial charge in [-0.3, -0.25) is 14.4 Å². The highest BCUT2D eigenvalue weighted by atomic mass is 16.6. The minimum Gasteiger partial charge on any atom is -0.462 e. The molecule has 0 amide bonds. The van der Waals surface area contributed by atoms with Gasteiger partial charge in [-0.15, -0.1) is 0 Å². The Morgan fingerprint density at radius 2 is 0.522 bits per heavy atom. The van der Waals surface area contributed by atoms with Crippen molar-refractivity contribution in [3.05, 3.63) is 72.9 Å². The van der Waals surface area contributed by atoms with E-state index >= 15 is 0 Å². The summed E-state index contributed by atoms with van der Waals surface area (Å²) < 4.78 is 16.9. The molecule has 69 heavy (non-hydrogen) atoms. The maximum atomic E-state index is 12.9. The normalized spacial score (nSPS) is 12.6. The summed E-state index contributed by atoms with van der Waals surface area (Å²) in [6.45, 7) is 6.57. The molecule has 0 aromatic rings. The number of ether oxygens (including phenoxy) is 3. The molecular weight excluding hydrogens is 853 g/mol. The summed E-state index contributed by atoms with van der Waals surface area (Å²) in [6, 6.07) is 0. The van der Waals surface area contributed by atoms with Gasteiger partial charge in [0.1, 0.15) is 13.2 Å². The molecule has 6 nitrogen and oxygen atoms in total. The molecule has 0 aliphatic rings. The van der Waals surface area contributed by atoms with Crippen molar-refractivity contribution in [3.63, 3.8) is 0 Å². The number of hydrogen-bond donors (Lipinski definition) is 0. The van der Waals surface area contributed by atoms with E-state index in [9.17, 15) is 14.4 Å². The summed E-state index contributed by atoms with van der Waals surface area (Å²) >= 11 is 0. The van der Waals surface area contributed by atoms with Gasteiger partial charge in [0.15, 0.2) is 6.10 Å². The zero-order valence-electron chi connectivity index (χ0n) is 45.6. The van der Waals surface area contributed by atoms with E-state index in [1.165, 1.54) is 161 Å². The van der Waals surface area contributed by atoms with Crippen LogP contribution in [0.15, 0.2) is 72.9 Å². The molecule has 1 atom stereocenters. The van der Waals surface area contributed by atoms with Crippen LogP contribution in [0.2, 0.25) is 0 Å². The Hall–Kier alpha value is -3.15. The average Bonchev–Trinajstić information content (AvgIpc) is 3.35. The maximum absolute atomic E-state index is 12.9.